The molecule has 1 aromatic rings. The van der Waals surface area contributed by atoms with E-state index in [2.05, 4.69) is 0 Å². The second kappa shape index (κ2) is 6.59. The Kier molecular flexibility index (Phi) is 4.70. The molecule has 0 aromatic heterocycles. The number of carbonyl (C=O) groups is 1. The van der Waals surface area contributed by atoms with Gasteiger partial charge in [-0.3, -0.25) is 4.79 Å². The van der Waals surface area contributed by atoms with Crippen LogP contribution in [0.25, 0.3) is 0 Å². The van der Waals surface area contributed by atoms with E-state index in [0.717, 1.165) is 30.4 Å². The maximum Gasteiger partial charge on any atom is 0.314 e. The van der Waals surface area contributed by atoms with Gasteiger partial charge in [-0.1, -0.05) is 30.7 Å². The largest absolute Gasteiger partial charge is 0.469 e. The highest BCUT2D eigenvalue weighted by Gasteiger charge is 2.39. The summed E-state index contributed by atoms with van der Waals surface area (Å²) in [7, 11) is -2.21. The Labute approximate surface area is 137 Å². The molecular formula is C16H22N2O4S. The molecular weight excluding hydrogens is 316 g/mol. The molecule has 0 aliphatic carbocycles. The molecule has 23 heavy (non-hydrogen) atoms. The molecule has 2 aliphatic rings. The van der Waals surface area contributed by atoms with E-state index in [1.807, 2.05) is 24.3 Å². The molecule has 1 atom stereocenters. The number of nitrogens with zero attached hydrogens (tertiary/aromatic N) is 2. The van der Waals surface area contributed by atoms with Gasteiger partial charge in [0.25, 0.3) is 10.2 Å². The Bertz CT molecular complexity index is 683. The third-order valence-electron chi connectivity index (χ3n) is 4.62. The first kappa shape index (κ1) is 16.4. The molecule has 2 heterocycles. The van der Waals surface area contributed by atoms with Gasteiger partial charge >= 0.3 is 5.97 Å². The molecule has 1 aromatic carbocycles. The van der Waals surface area contributed by atoms with Crippen molar-refractivity contribution in [1.82, 2.24) is 8.61 Å². The summed E-state index contributed by atoms with van der Waals surface area (Å²) in [6.07, 6.45) is 2.85. The highest BCUT2D eigenvalue weighted by molar-refractivity contribution is 7.86. The van der Waals surface area contributed by atoms with Crippen molar-refractivity contribution >= 4 is 16.2 Å². The van der Waals surface area contributed by atoms with Crippen LogP contribution in [0.4, 0.5) is 0 Å². The van der Waals surface area contributed by atoms with Crippen LogP contribution in [0.2, 0.25) is 0 Å². The third-order valence-corrected chi connectivity index (χ3v) is 6.57. The Hall–Kier alpha value is -1.44. The van der Waals surface area contributed by atoms with Gasteiger partial charge in [0.05, 0.1) is 13.0 Å². The predicted octanol–water partition coefficient (Wildman–Crippen LogP) is 1.49. The average molecular weight is 338 g/mol. The number of hydrogen-bond donors (Lipinski definition) is 0. The van der Waals surface area contributed by atoms with Crippen LogP contribution in [0.1, 0.15) is 36.3 Å². The van der Waals surface area contributed by atoms with E-state index in [1.54, 1.807) is 4.31 Å². The number of carbonyl (C=O) groups excluding carboxylic acids is 1. The maximum absolute atomic E-state index is 12.9. The molecule has 0 radical (unpaired) electrons. The van der Waals surface area contributed by atoms with E-state index < -0.39 is 22.1 Å². The summed E-state index contributed by atoms with van der Waals surface area (Å²) < 4.78 is 33.7. The fraction of sp³-hybridized carbons (Fsp3) is 0.562. The number of methoxy groups -OCH3 is 1. The lowest BCUT2D eigenvalue weighted by molar-refractivity contribution is -0.142. The quantitative estimate of drug-likeness (QED) is 0.783. The van der Waals surface area contributed by atoms with Gasteiger partial charge in [-0.15, -0.1) is 0 Å². The second-order valence-electron chi connectivity index (χ2n) is 6.03. The summed E-state index contributed by atoms with van der Waals surface area (Å²) >= 11 is 0. The standard InChI is InChI=1S/C16H22N2O4S/c1-22-16(19)15-12-18(11-13-7-3-4-8-14(13)15)23(20,21)17-9-5-2-6-10-17/h3-4,7-8,15H,2,5-6,9-12H2,1H3. The summed E-state index contributed by atoms with van der Waals surface area (Å²) in [5, 5.41) is 0. The second-order valence-corrected chi connectivity index (χ2v) is 7.96. The maximum atomic E-state index is 12.9. The minimum absolute atomic E-state index is 0.141. The van der Waals surface area contributed by atoms with Crippen LogP contribution in [0.5, 0.6) is 0 Å². The Balaban J connectivity index is 1.91. The molecule has 6 nitrogen and oxygen atoms in total. The van der Waals surface area contributed by atoms with Crippen LogP contribution in [-0.2, 0) is 26.3 Å². The molecule has 0 amide bonds. The van der Waals surface area contributed by atoms with Crippen LogP contribution in [0.15, 0.2) is 24.3 Å². The molecule has 0 spiro atoms. The van der Waals surface area contributed by atoms with Crippen LogP contribution < -0.4 is 0 Å². The number of fused-ring (bicyclic) bond motifs is 1. The molecule has 126 valence electrons. The van der Waals surface area contributed by atoms with Crippen molar-refractivity contribution in [3.8, 4) is 0 Å². The molecule has 3 rings (SSSR count). The van der Waals surface area contributed by atoms with Crippen molar-refractivity contribution in [2.45, 2.75) is 31.7 Å². The SMILES string of the molecule is COC(=O)C1CN(S(=O)(=O)N2CCCCC2)Cc2ccccc21. The van der Waals surface area contributed by atoms with Crippen molar-refractivity contribution in [3.63, 3.8) is 0 Å². The Morgan fingerprint density at radius 2 is 1.83 bits per heavy atom. The van der Waals surface area contributed by atoms with Gasteiger partial charge in [-0.2, -0.15) is 17.0 Å². The van der Waals surface area contributed by atoms with Gasteiger partial charge in [0.2, 0.25) is 0 Å². The average Bonchev–Trinajstić information content (AvgIpc) is 2.60. The molecule has 1 unspecified atom stereocenters. The molecule has 0 bridgehead atoms. The van der Waals surface area contributed by atoms with E-state index in [4.69, 9.17) is 4.74 Å². The van der Waals surface area contributed by atoms with Crippen molar-refractivity contribution in [1.29, 1.82) is 0 Å². The van der Waals surface area contributed by atoms with Gasteiger partial charge in [0.1, 0.15) is 0 Å². The van der Waals surface area contributed by atoms with Gasteiger partial charge in [0.15, 0.2) is 0 Å². The van der Waals surface area contributed by atoms with Gasteiger partial charge in [0, 0.05) is 26.2 Å². The zero-order valence-electron chi connectivity index (χ0n) is 13.3. The summed E-state index contributed by atoms with van der Waals surface area (Å²) in [6.45, 7) is 1.57. The Morgan fingerprint density at radius 3 is 2.52 bits per heavy atom. The lowest BCUT2D eigenvalue weighted by Gasteiger charge is -2.37. The van der Waals surface area contributed by atoms with Gasteiger partial charge in [-0.25, -0.2) is 0 Å². The lowest BCUT2D eigenvalue weighted by atomic mass is 9.91. The minimum Gasteiger partial charge on any atom is -0.469 e. The first-order valence-electron chi connectivity index (χ1n) is 7.95. The van der Waals surface area contributed by atoms with Crippen molar-refractivity contribution in [2.24, 2.45) is 0 Å². The fourth-order valence-corrected chi connectivity index (χ4v) is 5.04. The highest BCUT2D eigenvalue weighted by atomic mass is 32.2. The summed E-state index contributed by atoms with van der Waals surface area (Å²) in [4.78, 5) is 12.1. The van der Waals surface area contributed by atoms with Crippen LogP contribution in [-0.4, -0.2) is 49.7 Å². The monoisotopic (exact) mass is 338 g/mol. The number of benzene rings is 1. The number of hydrogen-bond acceptors (Lipinski definition) is 4. The van der Waals surface area contributed by atoms with E-state index >= 15 is 0 Å². The zero-order valence-corrected chi connectivity index (χ0v) is 14.1. The van der Waals surface area contributed by atoms with Gasteiger partial charge < -0.3 is 4.74 Å². The molecule has 0 N–H and O–H groups in total. The summed E-state index contributed by atoms with van der Waals surface area (Å²) in [5.41, 5.74) is 1.74. The van der Waals surface area contributed by atoms with Crippen molar-refractivity contribution < 1.29 is 17.9 Å². The molecule has 2 aliphatic heterocycles. The number of ether oxygens (including phenoxy) is 1. The molecule has 1 fully saturated rings. The predicted molar refractivity (Wildman–Crippen MR) is 86.0 cm³/mol. The summed E-state index contributed by atoms with van der Waals surface area (Å²) in [6, 6.07) is 7.48. The third kappa shape index (κ3) is 3.13. The highest BCUT2D eigenvalue weighted by Crippen LogP contribution is 2.32. The van der Waals surface area contributed by atoms with Crippen molar-refractivity contribution in [3.05, 3.63) is 35.4 Å². The molecule has 7 heteroatoms. The number of esters is 1. The lowest BCUT2D eigenvalue weighted by Crippen LogP contribution is -2.49. The van der Waals surface area contributed by atoms with Crippen LogP contribution >= 0.6 is 0 Å². The van der Waals surface area contributed by atoms with E-state index in [0.29, 0.717) is 19.6 Å². The topological polar surface area (TPSA) is 66.9 Å². The zero-order chi connectivity index (χ0) is 16.4. The van der Waals surface area contributed by atoms with Gasteiger partial charge in [-0.05, 0) is 24.0 Å². The van der Waals surface area contributed by atoms with Crippen LogP contribution in [0.3, 0.4) is 0 Å². The van der Waals surface area contributed by atoms with Crippen molar-refractivity contribution in [2.75, 3.05) is 26.7 Å². The smallest absolute Gasteiger partial charge is 0.314 e. The summed E-state index contributed by atoms with van der Waals surface area (Å²) in [5.74, 6) is -0.958. The van der Waals surface area contributed by atoms with E-state index in [9.17, 15) is 13.2 Å². The van der Waals surface area contributed by atoms with E-state index in [1.165, 1.54) is 11.4 Å². The normalized spacial score (nSPS) is 23.3. The molecule has 1 saturated heterocycles. The first-order valence-corrected chi connectivity index (χ1v) is 9.34. The number of piperidine rings is 1. The minimum atomic E-state index is -3.54. The van der Waals surface area contributed by atoms with Crippen LogP contribution in [0, 0.1) is 0 Å². The van der Waals surface area contributed by atoms with E-state index in [-0.39, 0.29) is 6.54 Å². The first-order chi connectivity index (χ1) is 11.0. The fourth-order valence-electron chi connectivity index (χ4n) is 3.35. The number of rotatable bonds is 3. The molecule has 0 saturated carbocycles. The Morgan fingerprint density at radius 1 is 1.13 bits per heavy atom.